The van der Waals surface area contributed by atoms with E-state index in [4.69, 9.17) is 10.5 Å². The second-order valence-corrected chi connectivity index (χ2v) is 5.08. The van der Waals surface area contributed by atoms with Gasteiger partial charge in [0.1, 0.15) is 0 Å². The molecule has 0 aliphatic rings. The first-order chi connectivity index (χ1) is 7.76. The lowest BCUT2D eigenvalue weighted by Crippen LogP contribution is -1.96. The summed E-state index contributed by atoms with van der Waals surface area (Å²) in [6.45, 7) is 0. The maximum absolute atomic E-state index is 5.81. The molecule has 1 atom stereocenters. The summed E-state index contributed by atoms with van der Waals surface area (Å²) in [6, 6.07) is 3.78. The summed E-state index contributed by atoms with van der Waals surface area (Å²) in [6.07, 6.45) is 4.05. The normalized spacial score (nSPS) is 11.1. The third-order valence-corrected chi connectivity index (χ3v) is 3.98. The number of pyridine rings is 1. The van der Waals surface area contributed by atoms with Crippen LogP contribution in [0.1, 0.15) is 0 Å². The Labute approximate surface area is 108 Å². The van der Waals surface area contributed by atoms with Crippen molar-refractivity contribution in [2.24, 2.45) is 0 Å². The topological polar surface area (TPSA) is 66.0 Å². The number of hydrogen-bond donors (Lipinski definition) is 1. The van der Waals surface area contributed by atoms with Crippen LogP contribution in [0.25, 0.3) is 11.3 Å². The van der Waals surface area contributed by atoms with E-state index in [0.29, 0.717) is 17.9 Å². The zero-order chi connectivity index (χ0) is 11.5. The highest BCUT2D eigenvalue weighted by Crippen LogP contribution is 2.32. The lowest BCUT2D eigenvalue weighted by Gasteiger charge is -2.07. The summed E-state index contributed by atoms with van der Waals surface area (Å²) in [5.74, 6) is 0.451. The van der Waals surface area contributed by atoms with Gasteiger partial charge in [0.15, 0.2) is 0 Å². The van der Waals surface area contributed by atoms with Gasteiger partial charge in [-0.1, -0.05) is 0 Å². The second kappa shape index (κ2) is 4.97. The third kappa shape index (κ3) is 2.12. The van der Waals surface area contributed by atoms with Crippen LogP contribution in [0.2, 0.25) is 0 Å². The maximum atomic E-state index is 5.81. The van der Waals surface area contributed by atoms with E-state index in [-0.39, 0.29) is 0 Å². The highest BCUT2D eigenvalue weighted by Gasteiger charge is 2.08. The number of nitrogens with two attached hydrogens (primary N) is 1. The fourth-order valence-corrected chi connectivity index (χ4v) is 2.93. The van der Waals surface area contributed by atoms with Crippen LogP contribution in [0.5, 0.6) is 5.88 Å². The SMILES string of the molecule is COc1ncc(-c2ccnn2PI)cc1N. The Bertz CT molecular complexity index is 502. The number of aromatic nitrogens is 3. The van der Waals surface area contributed by atoms with Crippen molar-refractivity contribution in [2.75, 3.05) is 12.8 Å². The Kier molecular flexibility index (Phi) is 3.60. The molecule has 2 rings (SSSR count). The van der Waals surface area contributed by atoms with Gasteiger partial charge in [0.05, 0.1) is 24.9 Å². The van der Waals surface area contributed by atoms with Crippen molar-refractivity contribution in [3.05, 3.63) is 24.5 Å². The minimum atomic E-state index is 0.451. The van der Waals surface area contributed by atoms with Gasteiger partial charge in [0, 0.05) is 18.0 Å². The Hall–Kier alpha value is -0.880. The first kappa shape index (κ1) is 11.6. The zero-order valence-corrected chi connectivity index (χ0v) is 11.7. The maximum Gasteiger partial charge on any atom is 0.236 e. The summed E-state index contributed by atoms with van der Waals surface area (Å²) in [5.41, 5.74) is 8.30. The highest BCUT2D eigenvalue weighted by atomic mass is 127. The number of anilines is 1. The molecule has 0 aliphatic carbocycles. The predicted octanol–water partition coefficient (Wildman–Crippen LogP) is 2.33. The number of rotatable bonds is 3. The molecule has 16 heavy (non-hydrogen) atoms. The Morgan fingerprint density at radius 1 is 1.56 bits per heavy atom. The molecule has 0 spiro atoms. The van der Waals surface area contributed by atoms with E-state index in [1.54, 1.807) is 19.5 Å². The van der Waals surface area contributed by atoms with Gasteiger partial charge >= 0.3 is 0 Å². The van der Waals surface area contributed by atoms with Gasteiger partial charge in [-0.15, -0.1) is 0 Å². The number of methoxy groups -OCH3 is 1. The summed E-state index contributed by atoms with van der Waals surface area (Å²) in [4.78, 5) is 4.14. The average Bonchev–Trinajstić information content (AvgIpc) is 2.77. The molecule has 5 nitrogen and oxygen atoms in total. The summed E-state index contributed by atoms with van der Waals surface area (Å²) in [5, 5.41) is 4.20. The quantitative estimate of drug-likeness (QED) is 0.683. The molecule has 0 saturated heterocycles. The lowest BCUT2D eigenvalue weighted by atomic mass is 10.2. The molecule has 0 aromatic carbocycles. The van der Waals surface area contributed by atoms with Crippen LogP contribution in [0, 0.1) is 0 Å². The molecule has 0 fully saturated rings. The van der Waals surface area contributed by atoms with Crippen LogP contribution in [0.3, 0.4) is 0 Å². The van der Waals surface area contributed by atoms with Crippen LogP contribution >= 0.6 is 28.4 Å². The van der Waals surface area contributed by atoms with Gasteiger partial charge in [-0.25, -0.2) is 9.44 Å². The first-order valence-electron chi connectivity index (χ1n) is 4.47. The van der Waals surface area contributed by atoms with Gasteiger partial charge in [0.25, 0.3) is 0 Å². The van der Waals surface area contributed by atoms with Crippen molar-refractivity contribution < 1.29 is 4.74 Å². The van der Waals surface area contributed by atoms with E-state index in [9.17, 15) is 0 Å². The van der Waals surface area contributed by atoms with E-state index in [1.165, 1.54) is 0 Å². The number of nitrogens with zero attached hydrogens (tertiary/aromatic N) is 3. The number of ether oxygens (including phenoxy) is 1. The van der Waals surface area contributed by atoms with Gasteiger partial charge in [-0.3, -0.25) is 0 Å². The molecule has 84 valence electrons. The standard InChI is InChI=1S/C9H10IN4OP/c1-15-9-7(11)4-6(5-12-9)8-2-3-13-14(8)16-10/h2-5,16H,11H2,1H3. The number of hydrogen-bond acceptors (Lipinski definition) is 4. The highest BCUT2D eigenvalue weighted by molar-refractivity contribution is 14.2. The Morgan fingerprint density at radius 3 is 3.00 bits per heavy atom. The smallest absolute Gasteiger partial charge is 0.236 e. The van der Waals surface area contributed by atoms with Crippen LogP contribution in [-0.2, 0) is 0 Å². The molecule has 0 aliphatic heterocycles. The van der Waals surface area contributed by atoms with Crippen molar-refractivity contribution >= 4 is 34.1 Å². The fraction of sp³-hybridized carbons (Fsp3) is 0.111. The van der Waals surface area contributed by atoms with Crippen molar-refractivity contribution in [2.45, 2.75) is 0 Å². The van der Waals surface area contributed by atoms with E-state index < -0.39 is 0 Å². The molecule has 7 heteroatoms. The Balaban J connectivity index is 2.45. The van der Waals surface area contributed by atoms with Gasteiger partial charge in [0.2, 0.25) is 5.88 Å². The van der Waals surface area contributed by atoms with E-state index in [1.807, 2.05) is 16.6 Å². The first-order valence-corrected chi connectivity index (χ1v) is 8.53. The summed E-state index contributed by atoms with van der Waals surface area (Å²) >= 11 is 2.28. The lowest BCUT2D eigenvalue weighted by molar-refractivity contribution is 0.400. The summed E-state index contributed by atoms with van der Waals surface area (Å²) in [7, 11) is 1.55. The Morgan fingerprint density at radius 2 is 2.38 bits per heavy atom. The molecule has 2 heterocycles. The monoisotopic (exact) mass is 348 g/mol. The molecule has 2 aromatic rings. The molecule has 1 unspecified atom stereocenters. The van der Waals surface area contributed by atoms with E-state index >= 15 is 0 Å². The van der Waals surface area contributed by atoms with Crippen LogP contribution in [0.15, 0.2) is 24.5 Å². The third-order valence-electron chi connectivity index (χ3n) is 2.09. The van der Waals surface area contributed by atoms with Crippen molar-refractivity contribution in [1.82, 2.24) is 14.5 Å². The minimum absolute atomic E-state index is 0.451. The predicted molar refractivity (Wildman–Crippen MR) is 74.2 cm³/mol. The molecule has 2 N–H and O–H groups in total. The van der Waals surface area contributed by atoms with Gasteiger partial charge < -0.3 is 10.5 Å². The molecule has 0 saturated carbocycles. The number of halogens is 1. The largest absolute Gasteiger partial charge is 0.480 e. The molecule has 0 radical (unpaired) electrons. The summed E-state index contributed by atoms with van der Waals surface area (Å²) < 4.78 is 6.92. The van der Waals surface area contributed by atoms with Crippen LogP contribution in [-0.4, -0.2) is 21.6 Å². The van der Waals surface area contributed by atoms with Gasteiger partial charge in [-0.2, -0.15) is 5.10 Å². The average molecular weight is 348 g/mol. The minimum Gasteiger partial charge on any atom is -0.480 e. The van der Waals surface area contributed by atoms with Gasteiger partial charge in [-0.05, 0) is 34.2 Å². The van der Waals surface area contributed by atoms with E-state index in [0.717, 1.165) is 11.3 Å². The van der Waals surface area contributed by atoms with Crippen molar-refractivity contribution in [3.63, 3.8) is 0 Å². The fourth-order valence-electron chi connectivity index (χ4n) is 1.37. The second-order valence-electron chi connectivity index (χ2n) is 3.04. The van der Waals surface area contributed by atoms with E-state index in [2.05, 4.69) is 32.1 Å². The van der Waals surface area contributed by atoms with Crippen LogP contribution < -0.4 is 10.5 Å². The molecular weight excluding hydrogens is 338 g/mol. The van der Waals surface area contributed by atoms with Crippen molar-refractivity contribution in [1.29, 1.82) is 0 Å². The number of nitrogen functional groups attached to an aromatic ring is 1. The van der Waals surface area contributed by atoms with Crippen molar-refractivity contribution in [3.8, 4) is 17.1 Å². The molecule has 0 bridgehead atoms. The van der Waals surface area contributed by atoms with Crippen LogP contribution in [0.4, 0.5) is 5.69 Å². The zero-order valence-electron chi connectivity index (χ0n) is 8.51. The molecule has 2 aromatic heterocycles. The molecular formula is C9H10IN4OP. The molecule has 0 amide bonds.